The largest absolute Gasteiger partial charge is 0.359 e. The second-order valence-electron chi connectivity index (χ2n) is 16.6. The third kappa shape index (κ3) is 27.1. The Morgan fingerprint density at radius 3 is 0.735 bits per heavy atom. The van der Waals surface area contributed by atoms with Crippen LogP contribution in [0.2, 0.25) is 0 Å². The van der Waals surface area contributed by atoms with Crippen molar-refractivity contribution in [1.82, 2.24) is 0 Å². The molecule has 0 aromatic carbocycles. The van der Waals surface area contributed by atoms with Gasteiger partial charge in [0.25, 0.3) is 0 Å². The van der Waals surface area contributed by atoms with E-state index in [1.807, 2.05) is 0 Å². The summed E-state index contributed by atoms with van der Waals surface area (Å²) in [5, 5.41) is 0. The Labute approximate surface area is 312 Å². The molecule has 292 valence electrons. The second kappa shape index (κ2) is 34.5. The molecule has 4 heteroatoms. The highest BCUT2D eigenvalue weighted by molar-refractivity contribution is 7.53. The van der Waals surface area contributed by atoms with Crippen molar-refractivity contribution in [3.8, 4) is 0 Å². The minimum atomic E-state index is -0.130. The minimum absolute atomic E-state index is 0.130. The average Bonchev–Trinajstić information content (AvgIpc) is 3.12. The van der Waals surface area contributed by atoms with Crippen LogP contribution in [-0.4, -0.2) is 37.9 Å². The van der Waals surface area contributed by atoms with Crippen molar-refractivity contribution in [2.75, 3.05) is 37.9 Å². The van der Waals surface area contributed by atoms with Crippen molar-refractivity contribution in [2.24, 2.45) is 5.41 Å². The maximum Gasteiger partial charge on any atom is 0.0508 e. The van der Waals surface area contributed by atoms with E-state index in [0.29, 0.717) is 5.41 Å². The first-order valence-electron chi connectivity index (χ1n) is 23.0. The van der Waals surface area contributed by atoms with Gasteiger partial charge in [0.1, 0.15) is 0 Å². The molecule has 0 N–H and O–H groups in total. The first kappa shape index (κ1) is 45.9. The fourth-order valence-corrected chi connectivity index (χ4v) is 13.0. The van der Waals surface area contributed by atoms with Gasteiger partial charge in [0.15, 0.2) is 0 Å². The predicted octanol–water partition coefficient (Wildman–Crippen LogP) is 16.9. The fourth-order valence-electron chi connectivity index (χ4n) is 8.37. The molecule has 0 aromatic heterocycles. The SMILES string of the molecule is CCCCCCCCCCCCCCCCCCOP1CCC2(CC1)CCP(OCCCCCCCCCCCCCCCCCC)CC2. The lowest BCUT2D eigenvalue weighted by Gasteiger charge is -2.44. The summed E-state index contributed by atoms with van der Waals surface area (Å²) in [5.41, 5.74) is 0.660. The quantitative estimate of drug-likeness (QED) is 0.0473. The second-order valence-corrected chi connectivity index (χ2v) is 20.9. The topological polar surface area (TPSA) is 18.5 Å². The van der Waals surface area contributed by atoms with E-state index in [-0.39, 0.29) is 16.3 Å². The lowest BCUT2D eigenvalue weighted by molar-refractivity contribution is 0.212. The van der Waals surface area contributed by atoms with Crippen molar-refractivity contribution < 1.29 is 9.05 Å². The Morgan fingerprint density at radius 2 is 0.510 bits per heavy atom. The van der Waals surface area contributed by atoms with E-state index in [2.05, 4.69) is 13.8 Å². The zero-order valence-corrected chi connectivity index (χ0v) is 35.7. The molecule has 2 nitrogen and oxygen atoms in total. The van der Waals surface area contributed by atoms with Crippen LogP contribution in [0.5, 0.6) is 0 Å². The van der Waals surface area contributed by atoms with Crippen LogP contribution in [-0.2, 0) is 9.05 Å². The van der Waals surface area contributed by atoms with Gasteiger partial charge in [0, 0.05) is 16.3 Å². The smallest absolute Gasteiger partial charge is 0.0508 e. The molecule has 0 bridgehead atoms. The number of hydrogen-bond acceptors (Lipinski definition) is 2. The molecular weight excluding hydrogens is 634 g/mol. The number of hydrogen-bond donors (Lipinski definition) is 0. The molecule has 2 rings (SSSR count). The Kier molecular flexibility index (Phi) is 32.4. The molecule has 0 atom stereocenters. The lowest BCUT2D eigenvalue weighted by atomic mass is 9.77. The zero-order chi connectivity index (χ0) is 34.8. The van der Waals surface area contributed by atoms with Crippen LogP contribution in [0.15, 0.2) is 0 Å². The highest BCUT2D eigenvalue weighted by atomic mass is 31.1. The van der Waals surface area contributed by atoms with Gasteiger partial charge in [-0.3, -0.25) is 0 Å². The van der Waals surface area contributed by atoms with E-state index in [1.54, 1.807) is 0 Å². The molecule has 0 amide bonds. The molecule has 2 saturated heterocycles. The summed E-state index contributed by atoms with van der Waals surface area (Å²) in [5.74, 6) is 0. The summed E-state index contributed by atoms with van der Waals surface area (Å²) in [7, 11) is -0.260. The van der Waals surface area contributed by atoms with Gasteiger partial charge in [-0.1, -0.05) is 206 Å². The van der Waals surface area contributed by atoms with Crippen LogP contribution in [0.1, 0.15) is 245 Å². The standard InChI is InChI=1S/C45H90O2P2/c1-3-5-7-9-11-13-15-17-19-21-23-25-27-29-31-33-39-46-48-41-35-45(36-42-48)37-43-49(44-38-45)47-40-34-32-30-28-26-24-22-20-18-16-14-12-10-8-6-4-2/h3-44H2,1-2H3. The van der Waals surface area contributed by atoms with Crippen molar-refractivity contribution in [3.63, 3.8) is 0 Å². The van der Waals surface area contributed by atoms with Gasteiger partial charge >= 0.3 is 0 Å². The van der Waals surface area contributed by atoms with Gasteiger partial charge in [-0.2, -0.15) is 0 Å². The highest BCUT2D eigenvalue weighted by Crippen LogP contribution is 2.58. The maximum absolute atomic E-state index is 6.44. The Balaban J connectivity index is 1.28. The summed E-state index contributed by atoms with van der Waals surface area (Å²) in [6.07, 6.45) is 57.4. The van der Waals surface area contributed by atoms with E-state index in [0.717, 1.165) is 13.2 Å². The van der Waals surface area contributed by atoms with Crippen LogP contribution in [0.25, 0.3) is 0 Å². The molecule has 2 heterocycles. The van der Waals surface area contributed by atoms with E-state index < -0.39 is 0 Å². The molecule has 0 saturated carbocycles. The summed E-state index contributed by atoms with van der Waals surface area (Å²) in [6.45, 7) is 6.69. The first-order valence-corrected chi connectivity index (χ1v) is 26.3. The van der Waals surface area contributed by atoms with Crippen LogP contribution in [0, 0.1) is 5.41 Å². The molecular formula is C45H90O2P2. The molecule has 0 aromatic rings. The number of rotatable bonds is 36. The molecule has 0 aliphatic carbocycles. The van der Waals surface area contributed by atoms with E-state index >= 15 is 0 Å². The third-order valence-corrected chi connectivity index (χ3v) is 16.1. The molecule has 2 aliphatic heterocycles. The summed E-state index contributed by atoms with van der Waals surface area (Å²) >= 11 is 0. The maximum atomic E-state index is 6.44. The predicted molar refractivity (Wildman–Crippen MR) is 225 cm³/mol. The van der Waals surface area contributed by atoms with Crippen molar-refractivity contribution in [2.45, 2.75) is 245 Å². The minimum Gasteiger partial charge on any atom is -0.359 e. The third-order valence-electron chi connectivity index (χ3n) is 12.1. The molecule has 0 unspecified atom stereocenters. The molecule has 0 radical (unpaired) electrons. The van der Waals surface area contributed by atoms with Crippen LogP contribution in [0.4, 0.5) is 0 Å². The van der Waals surface area contributed by atoms with E-state index in [4.69, 9.17) is 9.05 Å². The van der Waals surface area contributed by atoms with Gasteiger partial charge in [-0.25, -0.2) is 0 Å². The summed E-state index contributed by atoms with van der Waals surface area (Å²) in [6, 6.07) is 0. The van der Waals surface area contributed by atoms with Gasteiger partial charge in [0.05, 0.1) is 13.2 Å². The Bertz CT molecular complexity index is 597. The Morgan fingerprint density at radius 1 is 0.306 bits per heavy atom. The highest BCUT2D eigenvalue weighted by Gasteiger charge is 2.39. The molecule has 2 aliphatic rings. The van der Waals surface area contributed by atoms with Gasteiger partial charge in [-0.15, -0.1) is 0 Å². The van der Waals surface area contributed by atoms with Crippen molar-refractivity contribution in [3.05, 3.63) is 0 Å². The zero-order valence-electron chi connectivity index (χ0n) is 33.9. The van der Waals surface area contributed by atoms with Crippen LogP contribution in [0.3, 0.4) is 0 Å². The summed E-state index contributed by atoms with van der Waals surface area (Å²) < 4.78 is 12.9. The van der Waals surface area contributed by atoms with Crippen molar-refractivity contribution >= 4 is 16.3 Å². The molecule has 1 spiro atoms. The molecule has 49 heavy (non-hydrogen) atoms. The van der Waals surface area contributed by atoms with E-state index in [9.17, 15) is 0 Å². The van der Waals surface area contributed by atoms with Gasteiger partial charge in [-0.05, 0) is 68.6 Å². The monoisotopic (exact) mass is 725 g/mol. The van der Waals surface area contributed by atoms with E-state index in [1.165, 1.54) is 256 Å². The van der Waals surface area contributed by atoms with Crippen molar-refractivity contribution in [1.29, 1.82) is 0 Å². The Hall–Kier alpha value is 0.780. The van der Waals surface area contributed by atoms with Gasteiger partial charge in [0.2, 0.25) is 0 Å². The van der Waals surface area contributed by atoms with Gasteiger partial charge < -0.3 is 9.05 Å². The average molecular weight is 725 g/mol. The number of unbranched alkanes of at least 4 members (excludes halogenated alkanes) is 30. The summed E-state index contributed by atoms with van der Waals surface area (Å²) in [4.78, 5) is 0. The molecule has 2 fully saturated rings. The fraction of sp³-hybridized carbons (Fsp3) is 1.00. The van der Waals surface area contributed by atoms with Crippen LogP contribution >= 0.6 is 16.3 Å². The lowest BCUT2D eigenvalue weighted by Crippen LogP contribution is -2.32. The first-order chi connectivity index (χ1) is 24.3. The normalized spacial score (nSPS) is 21.2. The van der Waals surface area contributed by atoms with Crippen LogP contribution < -0.4 is 0 Å².